The second-order valence-electron chi connectivity index (χ2n) is 7.20. The predicted octanol–water partition coefficient (Wildman–Crippen LogP) is 4.21. The Labute approximate surface area is 112 Å². The number of carbonyl (C=O) groups excluding carboxylic acids is 1. The lowest BCUT2D eigenvalue weighted by molar-refractivity contribution is -0.143. The number of hydrogen-bond acceptors (Lipinski definition) is 1. The molecule has 0 aromatic carbocycles. The topological polar surface area (TPSA) is 17.1 Å². The van der Waals surface area contributed by atoms with Crippen molar-refractivity contribution in [3.05, 3.63) is 0 Å². The van der Waals surface area contributed by atoms with Crippen molar-refractivity contribution in [3.63, 3.8) is 0 Å². The molecule has 2 aliphatic carbocycles. The molecular weight excluding hydrogens is 220 g/mol. The van der Waals surface area contributed by atoms with Crippen LogP contribution in [0.1, 0.15) is 65.7 Å². The summed E-state index contributed by atoms with van der Waals surface area (Å²) in [5.74, 6) is 4.10. The van der Waals surface area contributed by atoms with Crippen LogP contribution in [0.4, 0.5) is 0 Å². The van der Waals surface area contributed by atoms with Crippen LogP contribution in [0.2, 0.25) is 0 Å². The average Bonchev–Trinajstić information content (AvgIpc) is 2.27. The highest BCUT2D eigenvalue weighted by atomic mass is 16.1. The van der Waals surface area contributed by atoms with Gasteiger partial charge in [-0.25, -0.2) is 0 Å². The zero-order valence-electron chi connectivity index (χ0n) is 12.1. The first kappa shape index (κ1) is 13.7. The second-order valence-corrected chi connectivity index (χ2v) is 7.20. The lowest BCUT2D eigenvalue weighted by atomic mass is 9.47. The second kappa shape index (κ2) is 4.72. The highest BCUT2D eigenvalue weighted by Crippen LogP contribution is 2.59. The minimum absolute atomic E-state index is 0.202. The van der Waals surface area contributed by atoms with Gasteiger partial charge in [-0.1, -0.05) is 27.2 Å². The third-order valence-corrected chi connectivity index (χ3v) is 5.72. The smallest absolute Gasteiger partial charge is 0.136 e. The van der Waals surface area contributed by atoms with Crippen molar-refractivity contribution in [2.75, 3.05) is 0 Å². The van der Waals surface area contributed by atoms with E-state index < -0.39 is 0 Å². The molecule has 0 bridgehead atoms. The van der Waals surface area contributed by atoms with Gasteiger partial charge in [0, 0.05) is 18.8 Å². The van der Waals surface area contributed by atoms with Gasteiger partial charge in [0.2, 0.25) is 0 Å². The lowest BCUT2D eigenvalue weighted by Gasteiger charge is -2.56. The molecule has 0 radical (unpaired) electrons. The van der Waals surface area contributed by atoms with Crippen LogP contribution in [0.5, 0.6) is 0 Å². The normalized spacial score (nSPS) is 38.9. The number of fused-ring (bicyclic) bond motifs is 1. The van der Waals surface area contributed by atoms with E-state index in [2.05, 4.69) is 26.7 Å². The molecule has 0 aliphatic heterocycles. The number of carbonyl (C=O) groups is 1. The Morgan fingerprint density at radius 2 is 2.06 bits per heavy atom. The SMILES string of the molecule is C#CCC[C@H]1C(=O)CC[C@H]2C(C)(C)CCC[C@]12C. The highest BCUT2D eigenvalue weighted by molar-refractivity contribution is 5.82. The lowest BCUT2D eigenvalue weighted by Crippen LogP contribution is -2.51. The van der Waals surface area contributed by atoms with Gasteiger partial charge in [0.15, 0.2) is 0 Å². The summed E-state index contributed by atoms with van der Waals surface area (Å²) >= 11 is 0. The van der Waals surface area contributed by atoms with E-state index in [0.717, 1.165) is 25.7 Å². The maximum absolute atomic E-state index is 12.3. The number of ketones is 1. The minimum atomic E-state index is 0.202. The van der Waals surface area contributed by atoms with E-state index in [0.29, 0.717) is 17.1 Å². The first-order valence-electron chi connectivity index (χ1n) is 7.38. The Kier molecular flexibility index (Phi) is 3.58. The number of terminal acetylenes is 1. The first-order chi connectivity index (χ1) is 8.42. The highest BCUT2D eigenvalue weighted by Gasteiger charge is 2.54. The molecular formula is C17H26O. The Morgan fingerprint density at radius 3 is 2.72 bits per heavy atom. The molecule has 0 heterocycles. The van der Waals surface area contributed by atoms with Crippen molar-refractivity contribution < 1.29 is 4.79 Å². The van der Waals surface area contributed by atoms with Gasteiger partial charge in [-0.15, -0.1) is 12.3 Å². The van der Waals surface area contributed by atoms with Gasteiger partial charge in [0.05, 0.1) is 0 Å². The van der Waals surface area contributed by atoms with Crippen LogP contribution in [0.3, 0.4) is 0 Å². The molecule has 1 heteroatoms. The maximum atomic E-state index is 12.3. The third kappa shape index (κ3) is 2.11. The number of Topliss-reactive ketones (excluding diaryl/α,β-unsaturated/α-hetero) is 1. The zero-order valence-corrected chi connectivity index (χ0v) is 12.1. The fourth-order valence-corrected chi connectivity index (χ4v) is 4.85. The summed E-state index contributed by atoms with van der Waals surface area (Å²) in [6.45, 7) is 7.14. The molecule has 0 aromatic heterocycles. The van der Waals surface area contributed by atoms with E-state index in [9.17, 15) is 4.79 Å². The first-order valence-corrected chi connectivity index (χ1v) is 7.38. The molecule has 1 nitrogen and oxygen atoms in total. The van der Waals surface area contributed by atoms with Crippen LogP contribution >= 0.6 is 0 Å². The predicted molar refractivity (Wildman–Crippen MR) is 75.0 cm³/mol. The molecule has 0 saturated heterocycles. The van der Waals surface area contributed by atoms with Crippen molar-refractivity contribution >= 4 is 5.78 Å². The molecule has 100 valence electrons. The van der Waals surface area contributed by atoms with E-state index in [1.165, 1.54) is 19.3 Å². The summed E-state index contributed by atoms with van der Waals surface area (Å²) in [5.41, 5.74) is 0.593. The summed E-state index contributed by atoms with van der Waals surface area (Å²) in [6, 6.07) is 0. The minimum Gasteiger partial charge on any atom is -0.299 e. The summed E-state index contributed by atoms with van der Waals surface area (Å²) in [5, 5.41) is 0. The fraction of sp³-hybridized carbons (Fsp3) is 0.824. The standard InChI is InChI=1S/C17H26O/c1-5-6-8-13-14(18)9-10-15-16(2,3)11-7-12-17(13,15)4/h1,13,15H,6-12H2,2-4H3/t13-,15-,17+/m0/s1. The molecule has 3 atom stereocenters. The molecule has 2 saturated carbocycles. The zero-order chi connectivity index (χ0) is 13.4. The molecule has 2 aliphatic rings. The Bertz CT molecular complexity index is 374. The van der Waals surface area contributed by atoms with Crippen molar-refractivity contribution in [2.45, 2.75) is 65.7 Å². The van der Waals surface area contributed by atoms with Crippen LogP contribution in [0.15, 0.2) is 0 Å². The molecule has 0 amide bonds. The van der Waals surface area contributed by atoms with E-state index >= 15 is 0 Å². The maximum Gasteiger partial charge on any atom is 0.136 e. The van der Waals surface area contributed by atoms with Crippen LogP contribution in [0.25, 0.3) is 0 Å². The van der Waals surface area contributed by atoms with E-state index in [1.54, 1.807) is 0 Å². The summed E-state index contributed by atoms with van der Waals surface area (Å²) in [7, 11) is 0. The average molecular weight is 246 g/mol. The largest absolute Gasteiger partial charge is 0.299 e. The quantitative estimate of drug-likeness (QED) is 0.667. The monoisotopic (exact) mass is 246 g/mol. The van der Waals surface area contributed by atoms with Crippen molar-refractivity contribution in [3.8, 4) is 12.3 Å². The number of hydrogen-bond donors (Lipinski definition) is 0. The molecule has 18 heavy (non-hydrogen) atoms. The third-order valence-electron chi connectivity index (χ3n) is 5.72. The molecule has 0 unspecified atom stereocenters. The molecule has 0 aromatic rings. The van der Waals surface area contributed by atoms with Crippen molar-refractivity contribution in [1.29, 1.82) is 0 Å². The van der Waals surface area contributed by atoms with Crippen molar-refractivity contribution in [2.24, 2.45) is 22.7 Å². The Morgan fingerprint density at radius 1 is 1.33 bits per heavy atom. The van der Waals surface area contributed by atoms with Gasteiger partial charge in [-0.05, 0) is 42.4 Å². The van der Waals surface area contributed by atoms with Gasteiger partial charge < -0.3 is 0 Å². The molecule has 0 spiro atoms. The molecule has 0 N–H and O–H groups in total. The Hall–Kier alpha value is -0.770. The van der Waals surface area contributed by atoms with Gasteiger partial charge in [-0.2, -0.15) is 0 Å². The van der Waals surface area contributed by atoms with Gasteiger partial charge in [-0.3, -0.25) is 4.79 Å². The van der Waals surface area contributed by atoms with E-state index in [4.69, 9.17) is 6.42 Å². The van der Waals surface area contributed by atoms with Crippen LogP contribution in [-0.4, -0.2) is 5.78 Å². The summed E-state index contributed by atoms with van der Waals surface area (Å²) in [4.78, 5) is 12.3. The van der Waals surface area contributed by atoms with E-state index in [1.807, 2.05) is 0 Å². The fourth-order valence-electron chi connectivity index (χ4n) is 4.85. The molecule has 2 rings (SSSR count). The summed E-state index contributed by atoms with van der Waals surface area (Å²) < 4.78 is 0. The van der Waals surface area contributed by atoms with Crippen molar-refractivity contribution in [1.82, 2.24) is 0 Å². The van der Waals surface area contributed by atoms with Gasteiger partial charge in [0.1, 0.15) is 5.78 Å². The van der Waals surface area contributed by atoms with Gasteiger partial charge in [0.25, 0.3) is 0 Å². The Balaban J connectivity index is 2.28. The molecule has 2 fully saturated rings. The van der Waals surface area contributed by atoms with Crippen LogP contribution in [-0.2, 0) is 4.79 Å². The van der Waals surface area contributed by atoms with Crippen LogP contribution in [0, 0.1) is 35.0 Å². The van der Waals surface area contributed by atoms with Crippen LogP contribution < -0.4 is 0 Å². The number of rotatable bonds is 2. The van der Waals surface area contributed by atoms with Gasteiger partial charge >= 0.3 is 0 Å². The summed E-state index contributed by atoms with van der Waals surface area (Å²) in [6.07, 6.45) is 12.7. The van der Waals surface area contributed by atoms with E-state index in [-0.39, 0.29) is 11.3 Å².